The third-order valence-corrected chi connectivity index (χ3v) is 5.18. The van der Waals surface area contributed by atoms with Crippen LogP contribution in [0.1, 0.15) is 45.1 Å². The Hall–Kier alpha value is -2.02. The maximum atomic E-state index is 6.30. The zero-order chi connectivity index (χ0) is 20.9. The number of piperidine rings is 1. The highest BCUT2D eigenvalue weighted by Gasteiger charge is 2.21. The molecule has 0 spiro atoms. The highest BCUT2D eigenvalue weighted by atomic mass is 35.5. The lowest BCUT2D eigenvalue weighted by atomic mass is 9.89. The molecule has 0 saturated carbocycles. The van der Waals surface area contributed by atoms with Crippen molar-refractivity contribution < 1.29 is 0 Å². The molecule has 0 bridgehead atoms. The molecule has 4 heteroatoms. The number of hydrogen-bond donors (Lipinski definition) is 0. The van der Waals surface area contributed by atoms with Crippen LogP contribution in [0.2, 0.25) is 0 Å². The standard InChI is InChI=1S/C21H30ClN3.C3H4/c1-5-20(23-3)21(17(2)22)24(4)15-16-25-13-11-19(12-14-25)18-9-7-6-8-10-18;1-3-2/h5-10,19H,3,11-16H2,1-2,4H3;1H,2H3/b20-5+,21-17-;. The van der Waals surface area contributed by atoms with Crippen LogP contribution in [0, 0.1) is 12.3 Å². The van der Waals surface area contributed by atoms with Gasteiger partial charge in [0, 0.05) is 25.2 Å². The normalized spacial score (nSPS) is 16.4. The molecule has 0 amide bonds. The summed E-state index contributed by atoms with van der Waals surface area (Å²) in [6.45, 7) is 13.5. The molecule has 0 unspecified atom stereocenters. The highest BCUT2D eigenvalue weighted by Crippen LogP contribution is 2.28. The third-order valence-electron chi connectivity index (χ3n) is 5.00. The van der Waals surface area contributed by atoms with E-state index in [1.807, 2.05) is 19.9 Å². The fraction of sp³-hybridized carbons (Fsp3) is 0.458. The molecule has 0 aromatic heterocycles. The number of nitrogens with zero attached hydrogens (tertiary/aromatic N) is 3. The molecule has 0 atom stereocenters. The quantitative estimate of drug-likeness (QED) is 0.342. The zero-order valence-corrected chi connectivity index (χ0v) is 18.5. The molecule has 1 aliphatic heterocycles. The summed E-state index contributed by atoms with van der Waals surface area (Å²) in [5, 5.41) is 0.755. The van der Waals surface area contributed by atoms with Crippen LogP contribution >= 0.6 is 11.6 Å². The number of likely N-dealkylation sites (N-methyl/N-ethyl adjacent to an activating group) is 1. The van der Waals surface area contributed by atoms with Crippen LogP contribution in [-0.4, -0.2) is 49.7 Å². The minimum Gasteiger partial charge on any atom is -0.371 e. The summed E-state index contributed by atoms with van der Waals surface area (Å²) in [6, 6.07) is 10.9. The average Bonchev–Trinajstić information content (AvgIpc) is 2.71. The number of allylic oxidation sites excluding steroid dienone is 2. The third kappa shape index (κ3) is 7.54. The molecule has 152 valence electrons. The molecule has 3 nitrogen and oxygen atoms in total. The average molecular weight is 400 g/mol. The van der Waals surface area contributed by atoms with Gasteiger partial charge in [-0.3, -0.25) is 4.99 Å². The number of terminal acetylenes is 1. The van der Waals surface area contributed by atoms with E-state index in [1.165, 1.54) is 18.4 Å². The topological polar surface area (TPSA) is 18.8 Å². The predicted octanol–water partition coefficient (Wildman–Crippen LogP) is 5.51. The second-order valence-electron chi connectivity index (χ2n) is 6.95. The van der Waals surface area contributed by atoms with Crippen molar-refractivity contribution in [1.82, 2.24) is 9.80 Å². The summed E-state index contributed by atoms with van der Waals surface area (Å²) >= 11 is 6.30. The Morgan fingerprint density at radius 1 is 1.36 bits per heavy atom. The van der Waals surface area contributed by atoms with Gasteiger partial charge < -0.3 is 9.80 Å². The zero-order valence-electron chi connectivity index (χ0n) is 17.8. The Balaban J connectivity index is 0.00000122. The van der Waals surface area contributed by atoms with E-state index in [1.54, 1.807) is 6.92 Å². The summed E-state index contributed by atoms with van der Waals surface area (Å²) in [5.41, 5.74) is 3.30. The first-order valence-electron chi connectivity index (χ1n) is 9.84. The van der Waals surface area contributed by atoms with Gasteiger partial charge in [0.15, 0.2) is 0 Å². The Labute approximate surface area is 176 Å². The van der Waals surface area contributed by atoms with Gasteiger partial charge >= 0.3 is 0 Å². The summed E-state index contributed by atoms with van der Waals surface area (Å²) < 4.78 is 0. The minimum atomic E-state index is 0.704. The van der Waals surface area contributed by atoms with Gasteiger partial charge in [0.05, 0.1) is 11.4 Å². The molecule has 0 N–H and O–H groups in total. The van der Waals surface area contributed by atoms with Crippen LogP contribution in [-0.2, 0) is 0 Å². The molecule has 28 heavy (non-hydrogen) atoms. The predicted molar refractivity (Wildman–Crippen MR) is 124 cm³/mol. The highest BCUT2D eigenvalue weighted by molar-refractivity contribution is 6.29. The first-order valence-corrected chi connectivity index (χ1v) is 10.2. The lowest BCUT2D eigenvalue weighted by molar-refractivity contribution is 0.195. The monoisotopic (exact) mass is 399 g/mol. The first-order chi connectivity index (χ1) is 13.5. The van der Waals surface area contributed by atoms with Crippen molar-refractivity contribution in [3.05, 3.63) is 58.4 Å². The van der Waals surface area contributed by atoms with Crippen molar-refractivity contribution in [2.75, 3.05) is 33.2 Å². The summed E-state index contributed by atoms with van der Waals surface area (Å²) in [4.78, 5) is 8.84. The van der Waals surface area contributed by atoms with E-state index in [2.05, 4.69) is 71.2 Å². The van der Waals surface area contributed by atoms with Crippen molar-refractivity contribution in [2.24, 2.45) is 4.99 Å². The van der Waals surface area contributed by atoms with Crippen molar-refractivity contribution in [3.8, 4) is 12.3 Å². The van der Waals surface area contributed by atoms with Crippen molar-refractivity contribution in [2.45, 2.75) is 39.5 Å². The smallest absolute Gasteiger partial charge is 0.0824 e. The van der Waals surface area contributed by atoms with E-state index in [4.69, 9.17) is 11.6 Å². The number of benzene rings is 1. The number of halogens is 1. The lowest BCUT2D eigenvalue weighted by Crippen LogP contribution is -2.38. The molecule has 0 aliphatic carbocycles. The van der Waals surface area contributed by atoms with Gasteiger partial charge in [0.1, 0.15) is 0 Å². The molecule has 0 radical (unpaired) electrons. The van der Waals surface area contributed by atoms with Gasteiger partial charge in [-0.15, -0.1) is 12.3 Å². The largest absolute Gasteiger partial charge is 0.371 e. The van der Waals surface area contributed by atoms with Crippen molar-refractivity contribution in [3.63, 3.8) is 0 Å². The summed E-state index contributed by atoms with van der Waals surface area (Å²) in [7, 11) is 2.08. The maximum Gasteiger partial charge on any atom is 0.0824 e. The van der Waals surface area contributed by atoms with Crippen LogP contribution in [0.4, 0.5) is 0 Å². The first kappa shape index (κ1) is 24.0. The van der Waals surface area contributed by atoms with Crippen molar-refractivity contribution in [1.29, 1.82) is 0 Å². The van der Waals surface area contributed by atoms with Gasteiger partial charge in [-0.05, 0) is 64.9 Å². The lowest BCUT2D eigenvalue weighted by Gasteiger charge is -2.34. The van der Waals surface area contributed by atoms with Crippen LogP contribution in [0.3, 0.4) is 0 Å². The van der Waals surface area contributed by atoms with E-state index in [0.717, 1.165) is 42.6 Å². The van der Waals surface area contributed by atoms with Gasteiger partial charge in [-0.1, -0.05) is 48.0 Å². The molecular weight excluding hydrogens is 366 g/mol. The van der Waals surface area contributed by atoms with E-state index in [9.17, 15) is 0 Å². The molecule has 1 saturated heterocycles. The Bertz CT molecular complexity index is 688. The Morgan fingerprint density at radius 2 is 1.93 bits per heavy atom. The number of likely N-dealkylation sites (tertiary alicyclic amines) is 1. The van der Waals surface area contributed by atoms with E-state index < -0.39 is 0 Å². The van der Waals surface area contributed by atoms with Crippen LogP contribution in [0.5, 0.6) is 0 Å². The van der Waals surface area contributed by atoms with Gasteiger partial charge in [0.2, 0.25) is 0 Å². The number of hydrogen-bond acceptors (Lipinski definition) is 3. The Kier molecular flexibility index (Phi) is 11.3. The summed E-state index contributed by atoms with van der Waals surface area (Å²) in [5.74, 6) is 2.95. The molecule has 1 aromatic rings. The van der Waals surface area contributed by atoms with Crippen LogP contribution in [0.25, 0.3) is 0 Å². The van der Waals surface area contributed by atoms with Crippen LogP contribution in [0.15, 0.2) is 57.8 Å². The molecule has 2 rings (SSSR count). The maximum absolute atomic E-state index is 6.30. The van der Waals surface area contributed by atoms with Crippen LogP contribution < -0.4 is 0 Å². The van der Waals surface area contributed by atoms with Gasteiger partial charge in [-0.2, -0.15) is 0 Å². The van der Waals surface area contributed by atoms with E-state index in [0.29, 0.717) is 5.92 Å². The second-order valence-corrected chi connectivity index (χ2v) is 7.52. The van der Waals surface area contributed by atoms with Gasteiger partial charge in [0.25, 0.3) is 0 Å². The van der Waals surface area contributed by atoms with Crippen molar-refractivity contribution >= 4 is 18.3 Å². The molecule has 1 fully saturated rings. The molecule has 1 aliphatic rings. The van der Waals surface area contributed by atoms with E-state index >= 15 is 0 Å². The SMILES string of the molecule is C#CC.C=NC(=C/C)/C(=C(\C)Cl)N(C)CCN1CCC(c2ccccc2)CC1. The second kappa shape index (κ2) is 13.2. The van der Waals surface area contributed by atoms with Gasteiger partial charge in [-0.25, -0.2) is 0 Å². The van der Waals surface area contributed by atoms with E-state index in [-0.39, 0.29) is 0 Å². The Morgan fingerprint density at radius 3 is 2.39 bits per heavy atom. The minimum absolute atomic E-state index is 0.704. The molecular formula is C24H34ClN3. The summed E-state index contributed by atoms with van der Waals surface area (Å²) in [6.07, 6.45) is 9.02. The molecule has 1 aromatic carbocycles. The fourth-order valence-electron chi connectivity index (χ4n) is 3.56. The fourth-order valence-corrected chi connectivity index (χ4v) is 3.80. The number of rotatable bonds is 7. The number of aliphatic imine (C=N–C) groups is 1. The molecule has 1 heterocycles.